The van der Waals surface area contributed by atoms with Gasteiger partial charge in [0.2, 0.25) is 0 Å². The van der Waals surface area contributed by atoms with Crippen molar-refractivity contribution in [1.82, 2.24) is 10.3 Å². The van der Waals surface area contributed by atoms with Gasteiger partial charge in [0.15, 0.2) is 0 Å². The molecule has 7 heteroatoms. The molecule has 160 valence electrons. The maximum absolute atomic E-state index is 14.1. The normalized spacial score (nSPS) is 16.6. The van der Waals surface area contributed by atoms with Crippen molar-refractivity contribution in [3.63, 3.8) is 0 Å². The zero-order chi connectivity index (χ0) is 21.1. The topological polar surface area (TPSA) is 63.7 Å². The van der Waals surface area contributed by atoms with Gasteiger partial charge in [-0.05, 0) is 43.0 Å². The van der Waals surface area contributed by atoms with E-state index in [0.717, 1.165) is 43.0 Å². The minimum absolute atomic E-state index is 0.156. The molecular formula is C23H28FN3O3. The summed E-state index contributed by atoms with van der Waals surface area (Å²) in [6.07, 6.45) is 2.12. The van der Waals surface area contributed by atoms with Crippen LogP contribution >= 0.6 is 0 Å². The van der Waals surface area contributed by atoms with E-state index in [1.54, 1.807) is 6.07 Å². The van der Waals surface area contributed by atoms with Crippen molar-refractivity contribution < 1.29 is 18.7 Å². The van der Waals surface area contributed by atoms with E-state index in [-0.39, 0.29) is 24.9 Å². The minimum Gasteiger partial charge on any atom is -0.380 e. The van der Waals surface area contributed by atoms with Gasteiger partial charge in [-0.3, -0.25) is 4.79 Å². The Bertz CT molecular complexity index is 924. The van der Waals surface area contributed by atoms with Crippen LogP contribution in [0.2, 0.25) is 0 Å². The maximum Gasteiger partial charge on any atom is 0.253 e. The standard InChI is InChI=1S/C23H28FN3O3/c1-15-11-20(27-7-9-30-10-8-27)26-22(17-5-6-17)21(15)23(28)25-13-16-3-4-18(14-29-2)19(24)12-16/h3-4,11-12,17H,5-10,13-14H2,1-2H3,(H,25,28). The minimum atomic E-state index is -0.324. The van der Waals surface area contributed by atoms with Gasteiger partial charge in [-0.15, -0.1) is 0 Å². The first-order chi connectivity index (χ1) is 14.6. The fraction of sp³-hybridized carbons (Fsp3) is 0.478. The van der Waals surface area contributed by atoms with Crippen LogP contribution in [0.1, 0.15) is 51.5 Å². The molecule has 30 heavy (non-hydrogen) atoms. The van der Waals surface area contributed by atoms with Crippen LogP contribution in [-0.2, 0) is 22.6 Å². The van der Waals surface area contributed by atoms with Gasteiger partial charge in [0.25, 0.3) is 5.91 Å². The summed E-state index contributed by atoms with van der Waals surface area (Å²) >= 11 is 0. The Morgan fingerprint density at radius 1 is 1.30 bits per heavy atom. The number of anilines is 1. The second kappa shape index (κ2) is 9.10. The number of ether oxygens (including phenoxy) is 2. The van der Waals surface area contributed by atoms with Crippen molar-refractivity contribution in [2.75, 3.05) is 38.3 Å². The lowest BCUT2D eigenvalue weighted by Gasteiger charge is -2.29. The Kier molecular flexibility index (Phi) is 6.29. The number of morpholine rings is 1. The molecule has 1 saturated carbocycles. The van der Waals surface area contributed by atoms with Crippen LogP contribution in [0.25, 0.3) is 0 Å². The molecule has 1 saturated heterocycles. The SMILES string of the molecule is COCc1ccc(CNC(=O)c2c(C)cc(N3CCOCC3)nc2C2CC2)cc1F. The molecule has 4 rings (SSSR count). The van der Waals surface area contributed by atoms with Gasteiger partial charge in [0.1, 0.15) is 11.6 Å². The number of carbonyl (C=O) groups is 1. The lowest BCUT2D eigenvalue weighted by atomic mass is 10.0. The van der Waals surface area contributed by atoms with Gasteiger partial charge >= 0.3 is 0 Å². The third-order valence-electron chi connectivity index (χ3n) is 5.63. The molecule has 6 nitrogen and oxygen atoms in total. The van der Waals surface area contributed by atoms with E-state index in [1.807, 2.05) is 19.1 Å². The summed E-state index contributed by atoms with van der Waals surface area (Å²) in [6.45, 7) is 5.47. The second-order valence-corrected chi connectivity index (χ2v) is 7.97. The average Bonchev–Trinajstić information content (AvgIpc) is 3.59. The highest BCUT2D eigenvalue weighted by Crippen LogP contribution is 2.42. The number of benzene rings is 1. The molecule has 1 aromatic heterocycles. The Balaban J connectivity index is 1.51. The number of carbonyl (C=O) groups excluding carboxylic acids is 1. The van der Waals surface area contributed by atoms with Gasteiger partial charge in [-0.1, -0.05) is 12.1 Å². The monoisotopic (exact) mass is 413 g/mol. The maximum atomic E-state index is 14.1. The van der Waals surface area contributed by atoms with E-state index < -0.39 is 0 Å². The first-order valence-electron chi connectivity index (χ1n) is 10.5. The van der Waals surface area contributed by atoms with E-state index in [2.05, 4.69) is 10.2 Å². The quantitative estimate of drug-likeness (QED) is 0.755. The van der Waals surface area contributed by atoms with Crippen molar-refractivity contribution in [3.8, 4) is 0 Å². The number of pyridine rings is 1. The fourth-order valence-electron chi connectivity index (χ4n) is 3.83. The number of rotatable bonds is 7. The van der Waals surface area contributed by atoms with Crippen LogP contribution in [0.4, 0.5) is 10.2 Å². The van der Waals surface area contributed by atoms with Crippen LogP contribution in [0.3, 0.4) is 0 Å². The third kappa shape index (κ3) is 4.63. The van der Waals surface area contributed by atoms with Crippen molar-refractivity contribution in [2.24, 2.45) is 0 Å². The third-order valence-corrected chi connectivity index (χ3v) is 5.63. The Morgan fingerprint density at radius 2 is 2.07 bits per heavy atom. The summed E-state index contributed by atoms with van der Waals surface area (Å²) in [7, 11) is 1.53. The molecule has 1 aromatic carbocycles. The van der Waals surface area contributed by atoms with Gasteiger partial charge in [0, 0.05) is 38.2 Å². The number of aromatic nitrogens is 1. The summed E-state index contributed by atoms with van der Waals surface area (Å²) in [5.41, 5.74) is 3.68. The Labute approximate surface area is 176 Å². The number of aryl methyl sites for hydroxylation is 1. The number of amides is 1. The van der Waals surface area contributed by atoms with E-state index in [4.69, 9.17) is 14.5 Å². The number of methoxy groups -OCH3 is 1. The van der Waals surface area contributed by atoms with Crippen LogP contribution < -0.4 is 10.2 Å². The summed E-state index contributed by atoms with van der Waals surface area (Å²) < 4.78 is 24.6. The zero-order valence-electron chi connectivity index (χ0n) is 17.5. The molecule has 1 amide bonds. The van der Waals surface area contributed by atoms with E-state index in [9.17, 15) is 9.18 Å². The highest BCUT2D eigenvalue weighted by atomic mass is 19.1. The number of halogens is 1. The fourth-order valence-corrected chi connectivity index (χ4v) is 3.83. The molecule has 0 unspecified atom stereocenters. The Hall–Kier alpha value is -2.51. The lowest BCUT2D eigenvalue weighted by Crippen LogP contribution is -2.37. The van der Waals surface area contributed by atoms with Crippen molar-refractivity contribution >= 4 is 11.7 Å². The summed E-state index contributed by atoms with van der Waals surface area (Å²) in [4.78, 5) is 20.1. The zero-order valence-corrected chi connectivity index (χ0v) is 17.5. The van der Waals surface area contributed by atoms with Gasteiger partial charge in [-0.25, -0.2) is 9.37 Å². The number of nitrogens with zero attached hydrogens (tertiary/aromatic N) is 2. The van der Waals surface area contributed by atoms with E-state index in [1.165, 1.54) is 13.2 Å². The molecule has 2 aromatic rings. The largest absolute Gasteiger partial charge is 0.380 e. The molecule has 1 aliphatic heterocycles. The second-order valence-electron chi connectivity index (χ2n) is 7.97. The molecule has 0 radical (unpaired) electrons. The molecular weight excluding hydrogens is 385 g/mol. The highest BCUT2D eigenvalue weighted by molar-refractivity contribution is 5.97. The van der Waals surface area contributed by atoms with E-state index in [0.29, 0.717) is 35.8 Å². The molecule has 0 bridgehead atoms. The van der Waals surface area contributed by atoms with Crippen LogP contribution in [-0.4, -0.2) is 44.3 Å². The predicted octanol–water partition coefficient (Wildman–Crippen LogP) is 3.32. The highest BCUT2D eigenvalue weighted by Gasteiger charge is 2.32. The molecule has 2 aliphatic rings. The molecule has 1 aliphatic carbocycles. The van der Waals surface area contributed by atoms with Crippen LogP contribution in [0.15, 0.2) is 24.3 Å². The number of hydrogen-bond acceptors (Lipinski definition) is 5. The van der Waals surface area contributed by atoms with Crippen molar-refractivity contribution in [1.29, 1.82) is 0 Å². The lowest BCUT2D eigenvalue weighted by molar-refractivity contribution is 0.0948. The Morgan fingerprint density at radius 3 is 2.73 bits per heavy atom. The number of hydrogen-bond donors (Lipinski definition) is 1. The molecule has 2 fully saturated rings. The summed E-state index contributed by atoms with van der Waals surface area (Å²) in [5, 5.41) is 2.95. The van der Waals surface area contributed by atoms with E-state index >= 15 is 0 Å². The summed E-state index contributed by atoms with van der Waals surface area (Å²) in [5.74, 6) is 0.785. The number of nitrogens with one attached hydrogen (secondary N) is 1. The smallest absolute Gasteiger partial charge is 0.253 e. The summed E-state index contributed by atoms with van der Waals surface area (Å²) in [6, 6.07) is 6.94. The predicted molar refractivity (Wildman–Crippen MR) is 112 cm³/mol. The van der Waals surface area contributed by atoms with Gasteiger partial charge < -0.3 is 19.7 Å². The molecule has 1 N–H and O–H groups in total. The first kappa shape index (κ1) is 20.8. The van der Waals surface area contributed by atoms with Crippen molar-refractivity contribution in [3.05, 3.63) is 58.0 Å². The molecule has 2 heterocycles. The van der Waals surface area contributed by atoms with Gasteiger partial charge in [0.05, 0.1) is 31.1 Å². The van der Waals surface area contributed by atoms with Crippen molar-refractivity contribution in [2.45, 2.75) is 38.8 Å². The molecule has 0 spiro atoms. The molecule has 0 atom stereocenters. The van der Waals surface area contributed by atoms with Crippen LogP contribution in [0.5, 0.6) is 0 Å². The first-order valence-corrected chi connectivity index (χ1v) is 10.5. The van der Waals surface area contributed by atoms with Crippen LogP contribution in [0, 0.1) is 12.7 Å². The average molecular weight is 413 g/mol. The van der Waals surface area contributed by atoms with Gasteiger partial charge in [-0.2, -0.15) is 0 Å².